The van der Waals surface area contributed by atoms with Gasteiger partial charge < -0.3 is 25.5 Å². The number of benzene rings is 1. The SMILES string of the molecule is O=C(O)C(Cc1cccs1)NC(=O)[C@H](O)[C@@H](O)C(=O)N1Cc2ccccc2C1. The number of fused-ring (bicyclic) bond motifs is 1. The Morgan fingerprint density at radius 1 is 1.04 bits per heavy atom. The van der Waals surface area contributed by atoms with Crippen molar-refractivity contribution in [3.05, 3.63) is 57.8 Å². The molecule has 0 fully saturated rings. The summed E-state index contributed by atoms with van der Waals surface area (Å²) in [4.78, 5) is 38.1. The number of amides is 2. The smallest absolute Gasteiger partial charge is 0.326 e. The molecule has 0 saturated heterocycles. The van der Waals surface area contributed by atoms with Gasteiger partial charge in [-0.25, -0.2) is 4.79 Å². The van der Waals surface area contributed by atoms with Gasteiger partial charge in [0.2, 0.25) is 0 Å². The van der Waals surface area contributed by atoms with Crippen LogP contribution in [0.2, 0.25) is 0 Å². The van der Waals surface area contributed by atoms with E-state index < -0.39 is 36.0 Å². The summed E-state index contributed by atoms with van der Waals surface area (Å²) in [5.41, 5.74) is 1.87. The van der Waals surface area contributed by atoms with E-state index in [1.165, 1.54) is 16.2 Å². The second kappa shape index (κ2) is 8.51. The van der Waals surface area contributed by atoms with Crippen LogP contribution < -0.4 is 5.32 Å². The molecule has 1 unspecified atom stereocenters. The first-order valence-electron chi connectivity index (χ1n) is 8.64. The molecular weight excluding hydrogens is 384 g/mol. The van der Waals surface area contributed by atoms with E-state index in [1.54, 1.807) is 17.5 Å². The molecule has 1 aromatic heterocycles. The van der Waals surface area contributed by atoms with Crippen LogP contribution in [0.15, 0.2) is 41.8 Å². The molecular formula is C19H20N2O6S. The average molecular weight is 404 g/mol. The van der Waals surface area contributed by atoms with Crippen LogP contribution in [-0.4, -0.2) is 56.3 Å². The van der Waals surface area contributed by atoms with Gasteiger partial charge in [-0.1, -0.05) is 30.3 Å². The molecule has 2 aromatic rings. The van der Waals surface area contributed by atoms with Gasteiger partial charge >= 0.3 is 5.97 Å². The molecule has 0 aliphatic carbocycles. The Hall–Kier alpha value is -2.75. The summed E-state index contributed by atoms with van der Waals surface area (Å²) in [7, 11) is 0. The van der Waals surface area contributed by atoms with E-state index in [0.29, 0.717) is 0 Å². The van der Waals surface area contributed by atoms with Gasteiger partial charge in [0.1, 0.15) is 6.04 Å². The summed E-state index contributed by atoms with van der Waals surface area (Å²) in [5.74, 6) is -3.17. The van der Waals surface area contributed by atoms with Gasteiger partial charge in [-0.05, 0) is 22.6 Å². The number of hydrogen-bond acceptors (Lipinski definition) is 6. The second-order valence-corrected chi connectivity index (χ2v) is 7.57. The minimum Gasteiger partial charge on any atom is -0.480 e. The molecule has 3 atom stereocenters. The van der Waals surface area contributed by atoms with Crippen molar-refractivity contribution in [2.45, 2.75) is 37.8 Å². The van der Waals surface area contributed by atoms with Crippen LogP contribution in [0.3, 0.4) is 0 Å². The minimum atomic E-state index is -2.07. The van der Waals surface area contributed by atoms with Gasteiger partial charge in [-0.3, -0.25) is 9.59 Å². The van der Waals surface area contributed by atoms with Crippen LogP contribution in [0.4, 0.5) is 0 Å². The average Bonchev–Trinajstić information content (AvgIpc) is 3.34. The fourth-order valence-electron chi connectivity index (χ4n) is 3.04. The fourth-order valence-corrected chi connectivity index (χ4v) is 3.79. The van der Waals surface area contributed by atoms with Gasteiger partial charge in [-0.2, -0.15) is 0 Å². The number of aliphatic hydroxyl groups is 2. The Morgan fingerprint density at radius 3 is 2.21 bits per heavy atom. The highest BCUT2D eigenvalue weighted by Crippen LogP contribution is 2.23. The molecule has 2 heterocycles. The molecule has 2 amide bonds. The van der Waals surface area contributed by atoms with E-state index in [2.05, 4.69) is 5.32 Å². The predicted molar refractivity (Wildman–Crippen MR) is 100 cm³/mol. The number of carboxylic acid groups (broad SMARTS) is 1. The van der Waals surface area contributed by atoms with Gasteiger partial charge in [0.25, 0.3) is 11.8 Å². The molecule has 3 rings (SSSR count). The van der Waals surface area contributed by atoms with Crippen molar-refractivity contribution in [1.82, 2.24) is 10.2 Å². The summed E-state index contributed by atoms with van der Waals surface area (Å²) < 4.78 is 0. The van der Waals surface area contributed by atoms with Crippen molar-refractivity contribution < 1.29 is 29.7 Å². The van der Waals surface area contributed by atoms with Crippen LogP contribution >= 0.6 is 11.3 Å². The predicted octanol–water partition coefficient (Wildman–Crippen LogP) is 0.124. The van der Waals surface area contributed by atoms with Gasteiger partial charge in [0.15, 0.2) is 12.2 Å². The number of nitrogens with zero attached hydrogens (tertiary/aromatic N) is 1. The van der Waals surface area contributed by atoms with E-state index in [-0.39, 0.29) is 19.5 Å². The van der Waals surface area contributed by atoms with Crippen LogP contribution in [0.5, 0.6) is 0 Å². The van der Waals surface area contributed by atoms with Crippen molar-refractivity contribution in [1.29, 1.82) is 0 Å². The van der Waals surface area contributed by atoms with Crippen LogP contribution in [0, 0.1) is 0 Å². The highest BCUT2D eigenvalue weighted by Gasteiger charge is 2.36. The summed E-state index contributed by atoms with van der Waals surface area (Å²) in [6.45, 7) is 0.549. The summed E-state index contributed by atoms with van der Waals surface area (Å²) in [5, 5.41) is 33.5. The molecule has 4 N–H and O–H groups in total. The van der Waals surface area contributed by atoms with Gasteiger partial charge in [-0.15, -0.1) is 11.3 Å². The number of rotatable bonds is 7. The third-order valence-electron chi connectivity index (χ3n) is 4.57. The van der Waals surface area contributed by atoms with Crippen LogP contribution in [0.25, 0.3) is 0 Å². The molecule has 8 nitrogen and oxygen atoms in total. The quantitative estimate of drug-likeness (QED) is 0.519. The Bertz CT molecular complexity index is 844. The molecule has 0 bridgehead atoms. The zero-order chi connectivity index (χ0) is 20.3. The number of aliphatic hydroxyl groups excluding tert-OH is 2. The summed E-state index contributed by atoms with van der Waals surface area (Å²) >= 11 is 1.34. The maximum atomic E-state index is 12.5. The summed E-state index contributed by atoms with van der Waals surface area (Å²) in [6.07, 6.45) is -4.01. The molecule has 0 saturated carbocycles. The highest BCUT2D eigenvalue weighted by atomic mass is 32.1. The molecule has 9 heteroatoms. The first-order chi connectivity index (χ1) is 13.4. The second-order valence-electron chi connectivity index (χ2n) is 6.54. The summed E-state index contributed by atoms with van der Waals surface area (Å²) in [6, 6.07) is 9.61. The van der Waals surface area contributed by atoms with E-state index in [0.717, 1.165) is 16.0 Å². The van der Waals surface area contributed by atoms with Crippen molar-refractivity contribution in [3.8, 4) is 0 Å². The van der Waals surface area contributed by atoms with E-state index in [1.807, 2.05) is 24.3 Å². The van der Waals surface area contributed by atoms with Crippen LogP contribution in [0.1, 0.15) is 16.0 Å². The lowest BCUT2D eigenvalue weighted by Crippen LogP contribution is -2.53. The molecule has 28 heavy (non-hydrogen) atoms. The molecule has 1 aliphatic rings. The Morgan fingerprint density at radius 2 is 1.68 bits per heavy atom. The highest BCUT2D eigenvalue weighted by molar-refractivity contribution is 7.09. The standard InChI is InChI=1S/C19H20N2O6S/c22-15(17(24)20-14(19(26)27)8-13-6-3-7-28-13)16(23)18(25)21-9-11-4-1-2-5-12(11)10-21/h1-7,14-16,22-23H,8-10H2,(H,20,24)(H,26,27)/t14?,15-,16-/m1/s1. The van der Waals surface area contributed by atoms with E-state index >= 15 is 0 Å². The molecule has 0 radical (unpaired) electrons. The van der Waals surface area contributed by atoms with Crippen molar-refractivity contribution in [2.75, 3.05) is 0 Å². The topological polar surface area (TPSA) is 127 Å². The monoisotopic (exact) mass is 404 g/mol. The first-order valence-corrected chi connectivity index (χ1v) is 9.52. The zero-order valence-corrected chi connectivity index (χ0v) is 15.6. The lowest BCUT2D eigenvalue weighted by molar-refractivity contribution is -0.154. The maximum absolute atomic E-state index is 12.5. The Labute approximate surface area is 165 Å². The van der Waals surface area contributed by atoms with E-state index in [4.69, 9.17) is 0 Å². The number of carbonyl (C=O) groups is 3. The third-order valence-corrected chi connectivity index (χ3v) is 5.47. The van der Waals surface area contributed by atoms with Gasteiger partial charge in [0.05, 0.1) is 0 Å². The Kier molecular flexibility index (Phi) is 6.08. The molecule has 0 spiro atoms. The first kappa shape index (κ1) is 20.0. The number of thiophene rings is 1. The van der Waals surface area contributed by atoms with Crippen molar-refractivity contribution >= 4 is 29.1 Å². The van der Waals surface area contributed by atoms with Crippen molar-refractivity contribution in [2.24, 2.45) is 0 Å². The minimum absolute atomic E-state index is 0.0386. The molecule has 1 aromatic carbocycles. The lowest BCUT2D eigenvalue weighted by atomic mass is 10.1. The Balaban J connectivity index is 1.60. The number of nitrogens with one attached hydrogen (secondary N) is 1. The van der Waals surface area contributed by atoms with Crippen molar-refractivity contribution in [3.63, 3.8) is 0 Å². The number of hydrogen-bond donors (Lipinski definition) is 4. The largest absolute Gasteiger partial charge is 0.480 e. The lowest BCUT2D eigenvalue weighted by Gasteiger charge is -2.23. The van der Waals surface area contributed by atoms with Gasteiger partial charge in [0, 0.05) is 24.4 Å². The van der Waals surface area contributed by atoms with Crippen LogP contribution in [-0.2, 0) is 33.9 Å². The molecule has 1 aliphatic heterocycles. The van der Waals surface area contributed by atoms with E-state index in [9.17, 15) is 29.7 Å². The number of aliphatic carboxylic acids is 1. The molecule has 148 valence electrons. The third kappa shape index (κ3) is 4.38. The zero-order valence-electron chi connectivity index (χ0n) is 14.8. The maximum Gasteiger partial charge on any atom is 0.326 e. The fraction of sp³-hybridized carbons (Fsp3) is 0.316. The normalized spacial score (nSPS) is 16.1. The number of carbonyl (C=O) groups excluding carboxylic acids is 2. The number of carboxylic acids is 1.